The lowest BCUT2D eigenvalue weighted by Crippen LogP contribution is -2.46. The molecule has 112 valence electrons. The van der Waals surface area contributed by atoms with E-state index in [-0.39, 0.29) is 37.6 Å². The molecule has 0 spiro atoms. The summed E-state index contributed by atoms with van der Waals surface area (Å²) in [5.41, 5.74) is 0. The van der Waals surface area contributed by atoms with Crippen LogP contribution in [0, 0.1) is 0 Å². The second-order valence-corrected chi connectivity index (χ2v) is 5.34. The fraction of sp³-hybridized carbons (Fsp3) is 0.769. The van der Waals surface area contributed by atoms with Crippen LogP contribution in [-0.2, 0) is 14.4 Å². The van der Waals surface area contributed by atoms with E-state index in [1.54, 1.807) is 0 Å². The third-order valence-corrected chi connectivity index (χ3v) is 3.84. The molecule has 0 aromatic rings. The zero-order valence-electron chi connectivity index (χ0n) is 11.5. The lowest BCUT2D eigenvalue weighted by atomic mass is 10.2. The van der Waals surface area contributed by atoms with Crippen LogP contribution >= 0.6 is 0 Å². The highest BCUT2D eigenvalue weighted by atomic mass is 16.3. The Bertz CT molecular complexity index is 399. The maximum atomic E-state index is 11.8. The second-order valence-electron chi connectivity index (χ2n) is 5.34. The zero-order chi connectivity index (χ0) is 14.5. The number of hydrogen-bond acceptors (Lipinski definition) is 5. The molecule has 0 saturated carbocycles. The van der Waals surface area contributed by atoms with Gasteiger partial charge in [0.05, 0.1) is 19.7 Å². The molecule has 0 aromatic heterocycles. The first-order chi connectivity index (χ1) is 9.60. The normalized spacial score (nSPS) is 23.4. The number of aliphatic hydroxyl groups is 1. The minimum atomic E-state index is -0.440. The Kier molecular flexibility index (Phi) is 5.08. The summed E-state index contributed by atoms with van der Waals surface area (Å²) in [6.45, 7) is 1.44. The highest BCUT2D eigenvalue weighted by Gasteiger charge is 2.27. The van der Waals surface area contributed by atoms with E-state index in [0.717, 1.165) is 25.8 Å². The SMILES string of the molecule is O=C(CN1CCCC1=O)NC(=O)CN1CCC[C@@H]1CO. The van der Waals surface area contributed by atoms with E-state index in [2.05, 4.69) is 5.32 Å². The van der Waals surface area contributed by atoms with Crippen LogP contribution in [0.5, 0.6) is 0 Å². The number of rotatable bonds is 5. The van der Waals surface area contributed by atoms with E-state index < -0.39 is 5.91 Å². The standard InChI is InChI=1S/C13H21N3O4/c17-9-10-3-1-5-15(10)7-11(18)14-12(19)8-16-6-2-4-13(16)20/h10,17H,1-9H2,(H,14,18,19)/t10-/m1/s1. The van der Waals surface area contributed by atoms with Crippen molar-refractivity contribution >= 4 is 17.7 Å². The summed E-state index contributed by atoms with van der Waals surface area (Å²) >= 11 is 0. The molecule has 0 aliphatic carbocycles. The van der Waals surface area contributed by atoms with Gasteiger partial charge in [-0.3, -0.25) is 24.6 Å². The molecule has 2 fully saturated rings. The van der Waals surface area contributed by atoms with Gasteiger partial charge in [0.1, 0.15) is 0 Å². The predicted molar refractivity (Wildman–Crippen MR) is 70.6 cm³/mol. The van der Waals surface area contributed by atoms with Gasteiger partial charge in [-0.25, -0.2) is 0 Å². The third kappa shape index (κ3) is 3.77. The fourth-order valence-electron chi connectivity index (χ4n) is 2.77. The molecule has 2 saturated heterocycles. The minimum absolute atomic E-state index is 0.0102. The molecule has 2 rings (SSSR count). The van der Waals surface area contributed by atoms with Gasteiger partial charge in [0.25, 0.3) is 0 Å². The molecule has 0 unspecified atom stereocenters. The molecule has 2 aliphatic heterocycles. The van der Waals surface area contributed by atoms with Crippen molar-refractivity contribution in [3.05, 3.63) is 0 Å². The topological polar surface area (TPSA) is 90.0 Å². The summed E-state index contributed by atoms with van der Waals surface area (Å²) in [6.07, 6.45) is 3.08. The van der Waals surface area contributed by atoms with Crippen molar-refractivity contribution in [2.24, 2.45) is 0 Å². The Labute approximate surface area is 117 Å². The van der Waals surface area contributed by atoms with Crippen molar-refractivity contribution in [1.82, 2.24) is 15.1 Å². The number of nitrogens with zero attached hydrogens (tertiary/aromatic N) is 2. The fourth-order valence-corrected chi connectivity index (χ4v) is 2.77. The van der Waals surface area contributed by atoms with Crippen LogP contribution in [0.4, 0.5) is 0 Å². The first kappa shape index (κ1) is 14.9. The molecular weight excluding hydrogens is 262 g/mol. The van der Waals surface area contributed by atoms with Gasteiger partial charge < -0.3 is 10.0 Å². The molecular formula is C13H21N3O4. The Balaban J connectivity index is 1.73. The van der Waals surface area contributed by atoms with Gasteiger partial charge in [0.2, 0.25) is 17.7 Å². The molecule has 7 nitrogen and oxygen atoms in total. The number of likely N-dealkylation sites (tertiary alicyclic amines) is 2. The Morgan fingerprint density at radius 3 is 2.60 bits per heavy atom. The van der Waals surface area contributed by atoms with Crippen LogP contribution in [0.1, 0.15) is 25.7 Å². The van der Waals surface area contributed by atoms with Gasteiger partial charge in [0.15, 0.2) is 0 Å². The maximum Gasteiger partial charge on any atom is 0.246 e. The van der Waals surface area contributed by atoms with Gasteiger partial charge in [-0.1, -0.05) is 0 Å². The minimum Gasteiger partial charge on any atom is -0.395 e. The summed E-state index contributed by atoms with van der Waals surface area (Å²) in [5.74, 6) is -0.848. The first-order valence-corrected chi connectivity index (χ1v) is 7.05. The van der Waals surface area contributed by atoms with Crippen molar-refractivity contribution in [2.75, 3.05) is 32.8 Å². The lowest BCUT2D eigenvalue weighted by Gasteiger charge is -2.22. The monoisotopic (exact) mass is 283 g/mol. The molecule has 0 aromatic carbocycles. The Morgan fingerprint density at radius 1 is 1.20 bits per heavy atom. The molecule has 20 heavy (non-hydrogen) atoms. The van der Waals surface area contributed by atoms with Crippen molar-refractivity contribution in [3.63, 3.8) is 0 Å². The molecule has 2 N–H and O–H groups in total. The molecule has 0 radical (unpaired) electrons. The van der Waals surface area contributed by atoms with Crippen molar-refractivity contribution in [1.29, 1.82) is 0 Å². The van der Waals surface area contributed by atoms with Crippen LogP contribution < -0.4 is 5.32 Å². The highest BCUT2D eigenvalue weighted by Crippen LogP contribution is 2.15. The third-order valence-electron chi connectivity index (χ3n) is 3.84. The highest BCUT2D eigenvalue weighted by molar-refractivity contribution is 5.98. The summed E-state index contributed by atoms with van der Waals surface area (Å²) in [5, 5.41) is 11.5. The molecule has 1 atom stereocenters. The molecule has 0 bridgehead atoms. The number of carbonyl (C=O) groups is 3. The smallest absolute Gasteiger partial charge is 0.246 e. The van der Waals surface area contributed by atoms with Gasteiger partial charge >= 0.3 is 0 Å². The molecule has 3 amide bonds. The van der Waals surface area contributed by atoms with E-state index >= 15 is 0 Å². The summed E-state index contributed by atoms with van der Waals surface area (Å²) in [6, 6.07) is 0.0102. The first-order valence-electron chi connectivity index (χ1n) is 7.05. The van der Waals surface area contributed by atoms with E-state index in [0.29, 0.717) is 13.0 Å². The summed E-state index contributed by atoms with van der Waals surface area (Å²) in [4.78, 5) is 38.2. The van der Waals surface area contributed by atoms with E-state index in [4.69, 9.17) is 5.11 Å². The quantitative estimate of drug-likeness (QED) is 0.655. The van der Waals surface area contributed by atoms with Crippen molar-refractivity contribution < 1.29 is 19.5 Å². The average Bonchev–Trinajstić information content (AvgIpc) is 2.99. The lowest BCUT2D eigenvalue weighted by molar-refractivity contribution is -0.136. The number of imide groups is 1. The average molecular weight is 283 g/mol. The number of nitrogens with one attached hydrogen (secondary N) is 1. The summed E-state index contributed by atoms with van der Waals surface area (Å²) in [7, 11) is 0. The van der Waals surface area contributed by atoms with Crippen LogP contribution in [0.25, 0.3) is 0 Å². The van der Waals surface area contributed by atoms with Crippen LogP contribution in [-0.4, -0.2) is 71.5 Å². The zero-order valence-corrected chi connectivity index (χ0v) is 11.5. The number of carbonyl (C=O) groups excluding carboxylic acids is 3. The van der Waals surface area contributed by atoms with Gasteiger partial charge in [-0.15, -0.1) is 0 Å². The second kappa shape index (κ2) is 6.81. The van der Waals surface area contributed by atoms with E-state index in [1.165, 1.54) is 4.90 Å². The van der Waals surface area contributed by atoms with E-state index in [9.17, 15) is 14.4 Å². The number of aliphatic hydroxyl groups excluding tert-OH is 1. The van der Waals surface area contributed by atoms with Crippen molar-refractivity contribution in [3.8, 4) is 0 Å². The van der Waals surface area contributed by atoms with Crippen LogP contribution in [0.15, 0.2) is 0 Å². The maximum absolute atomic E-state index is 11.8. The Morgan fingerprint density at radius 2 is 1.95 bits per heavy atom. The summed E-state index contributed by atoms with van der Waals surface area (Å²) < 4.78 is 0. The van der Waals surface area contributed by atoms with Gasteiger partial charge in [0, 0.05) is 19.0 Å². The largest absolute Gasteiger partial charge is 0.395 e. The van der Waals surface area contributed by atoms with Crippen molar-refractivity contribution in [2.45, 2.75) is 31.7 Å². The number of amides is 3. The predicted octanol–water partition coefficient (Wildman–Crippen LogP) is -1.29. The van der Waals surface area contributed by atoms with Gasteiger partial charge in [-0.2, -0.15) is 0 Å². The Hall–Kier alpha value is -1.47. The van der Waals surface area contributed by atoms with Gasteiger partial charge in [-0.05, 0) is 25.8 Å². The van der Waals surface area contributed by atoms with Crippen LogP contribution in [0.2, 0.25) is 0 Å². The molecule has 2 aliphatic rings. The van der Waals surface area contributed by atoms with Crippen LogP contribution in [0.3, 0.4) is 0 Å². The number of hydrogen-bond donors (Lipinski definition) is 2. The van der Waals surface area contributed by atoms with E-state index in [1.807, 2.05) is 4.90 Å². The molecule has 2 heterocycles. The molecule has 7 heteroatoms.